The fourth-order valence-corrected chi connectivity index (χ4v) is 10.4. The molecule has 0 radical (unpaired) electrons. The van der Waals surface area contributed by atoms with Crippen molar-refractivity contribution in [2.24, 2.45) is 0 Å². The van der Waals surface area contributed by atoms with Crippen molar-refractivity contribution in [1.82, 2.24) is 0 Å². The van der Waals surface area contributed by atoms with E-state index in [0.717, 1.165) is 73.6 Å². The average molecular weight is 621 g/mol. The highest BCUT2D eigenvalue weighted by Gasteiger charge is 2.42. The summed E-state index contributed by atoms with van der Waals surface area (Å²) in [6.45, 7) is 7.50. The zero-order chi connectivity index (χ0) is 30.1. The van der Waals surface area contributed by atoms with E-state index in [0.29, 0.717) is 0 Å². The summed E-state index contributed by atoms with van der Waals surface area (Å²) in [5.41, 5.74) is 2.37. The molecule has 1 aromatic rings. The first kappa shape index (κ1) is 37.2. The van der Waals surface area contributed by atoms with Crippen LogP contribution in [0.5, 0.6) is 0 Å². The molecule has 0 unspecified atom stereocenters. The van der Waals surface area contributed by atoms with Crippen molar-refractivity contribution in [3.05, 3.63) is 42.0 Å². The van der Waals surface area contributed by atoms with Crippen LogP contribution in [0, 0.1) is 0 Å². The zero-order valence-electron chi connectivity index (χ0n) is 26.3. The largest absolute Gasteiger partial charge is 0.500 e. The predicted molar refractivity (Wildman–Crippen MR) is 164 cm³/mol. The first-order valence-corrected chi connectivity index (χ1v) is 19.5. The number of nitrogens with zero attached hydrogens (tertiary/aromatic N) is 1. The lowest BCUT2D eigenvalue weighted by Gasteiger charge is -2.41. The van der Waals surface area contributed by atoms with Crippen LogP contribution >= 0.6 is 0 Å². The van der Waals surface area contributed by atoms with E-state index < -0.39 is 26.4 Å². The second-order valence-corrected chi connectivity index (χ2v) is 19.1. The third-order valence-corrected chi connectivity index (χ3v) is 16.4. The first-order valence-electron chi connectivity index (χ1n) is 13.7. The zero-order valence-corrected chi connectivity index (χ0v) is 29.3. The van der Waals surface area contributed by atoms with Crippen LogP contribution in [0.1, 0.15) is 30.4 Å². The van der Waals surface area contributed by atoms with Gasteiger partial charge in [-0.05, 0) is 5.56 Å². The Morgan fingerprint density at radius 3 is 1.10 bits per heavy atom. The van der Waals surface area contributed by atoms with Gasteiger partial charge < -0.3 is 44.3 Å². The molecule has 0 saturated heterocycles. The minimum absolute atomic E-state index is 0.728. The Bertz CT molecular complexity index is 731. The fraction of sp³-hybridized carbons (Fsp3) is 0.704. The SMILES string of the molecule is C=Cc1ccc(C[N+](CCC[Si](OC)(OC)OC)(CCC[Si](OC)(OC)OC)CCC[Si](OC)(OC)OC)cc1. The van der Waals surface area contributed by atoms with Gasteiger partial charge in [0.25, 0.3) is 0 Å². The molecule has 0 heterocycles. The Labute approximate surface area is 246 Å². The second kappa shape index (κ2) is 18.7. The normalized spacial score (nSPS) is 13.1. The predicted octanol–water partition coefficient (Wildman–Crippen LogP) is 4.45. The van der Waals surface area contributed by atoms with Crippen LogP contribution in [0.15, 0.2) is 30.8 Å². The number of quaternary nitrogens is 1. The first-order chi connectivity index (χ1) is 19.2. The van der Waals surface area contributed by atoms with Crippen molar-refractivity contribution < 1.29 is 44.3 Å². The van der Waals surface area contributed by atoms with Crippen LogP contribution in [-0.4, -0.2) is 115 Å². The molecule has 1 rings (SSSR count). The molecular weight excluding hydrogens is 567 g/mol. The molecule has 0 amide bonds. The Hall–Kier alpha value is -0.789. The van der Waals surface area contributed by atoms with Gasteiger partial charge in [0.15, 0.2) is 0 Å². The van der Waals surface area contributed by atoms with E-state index in [1.54, 1.807) is 64.0 Å². The van der Waals surface area contributed by atoms with Crippen molar-refractivity contribution in [2.45, 2.75) is 43.9 Å². The van der Waals surface area contributed by atoms with Gasteiger partial charge in [0, 0.05) is 107 Å². The molecule has 40 heavy (non-hydrogen) atoms. The monoisotopic (exact) mass is 620 g/mol. The molecular formula is C27H54NO9Si3+. The topological polar surface area (TPSA) is 83.1 Å². The molecule has 0 fully saturated rings. The smallest absolute Gasteiger partial charge is 0.377 e. The quantitative estimate of drug-likeness (QED) is 0.123. The van der Waals surface area contributed by atoms with Crippen LogP contribution < -0.4 is 0 Å². The third kappa shape index (κ3) is 10.8. The molecule has 10 nitrogen and oxygen atoms in total. The van der Waals surface area contributed by atoms with Crippen molar-refractivity contribution in [3.8, 4) is 0 Å². The lowest BCUT2D eigenvalue weighted by Crippen LogP contribution is -2.52. The molecule has 232 valence electrons. The molecule has 0 aliphatic carbocycles. The number of rotatable bonds is 24. The summed E-state index contributed by atoms with van der Waals surface area (Å²) < 4.78 is 52.4. The molecule has 0 bridgehead atoms. The lowest BCUT2D eigenvalue weighted by molar-refractivity contribution is -0.941. The Morgan fingerprint density at radius 2 is 0.850 bits per heavy atom. The molecule has 0 atom stereocenters. The summed E-state index contributed by atoms with van der Waals surface area (Å²) >= 11 is 0. The second-order valence-electron chi connectivity index (χ2n) is 9.81. The minimum Gasteiger partial charge on any atom is -0.377 e. The van der Waals surface area contributed by atoms with E-state index in [1.807, 2.05) is 6.08 Å². The van der Waals surface area contributed by atoms with Gasteiger partial charge in [0.2, 0.25) is 0 Å². The van der Waals surface area contributed by atoms with Gasteiger partial charge in [-0.3, -0.25) is 0 Å². The van der Waals surface area contributed by atoms with E-state index >= 15 is 0 Å². The maximum atomic E-state index is 5.72. The molecule has 1 aromatic carbocycles. The standard InChI is InChI=1S/C27H54NO9Si3/c1-11-26-15-17-27(18-16-26)25-28(19-12-22-38(29-2,30-3)31-4,20-13-23-39(32-5,33-6)34-7)21-14-24-40(35-8,36-9)37-10/h11,15-18H,1,12-14,19-25H2,2-10H3/q+1. The highest BCUT2D eigenvalue weighted by molar-refractivity contribution is 6.61. The summed E-state index contributed by atoms with van der Waals surface area (Å²) in [6.07, 6.45) is 4.52. The van der Waals surface area contributed by atoms with Gasteiger partial charge in [-0.15, -0.1) is 0 Å². The van der Waals surface area contributed by atoms with E-state index in [4.69, 9.17) is 39.8 Å². The summed E-state index contributed by atoms with van der Waals surface area (Å²) in [5.74, 6) is 0. The maximum Gasteiger partial charge on any atom is 0.500 e. The number of hydrogen-bond donors (Lipinski definition) is 0. The van der Waals surface area contributed by atoms with E-state index in [9.17, 15) is 0 Å². The summed E-state index contributed by atoms with van der Waals surface area (Å²) in [5, 5.41) is 0. The van der Waals surface area contributed by atoms with Gasteiger partial charge in [-0.2, -0.15) is 0 Å². The summed E-state index contributed by atoms with van der Waals surface area (Å²) in [7, 11) is 6.86. The molecule has 0 saturated carbocycles. The van der Waals surface area contributed by atoms with E-state index in [2.05, 4.69) is 30.8 Å². The van der Waals surface area contributed by atoms with Gasteiger partial charge in [-0.25, -0.2) is 0 Å². The van der Waals surface area contributed by atoms with Crippen LogP contribution in [0.3, 0.4) is 0 Å². The van der Waals surface area contributed by atoms with Crippen molar-refractivity contribution in [3.63, 3.8) is 0 Å². The Kier molecular flexibility index (Phi) is 17.4. The lowest BCUT2D eigenvalue weighted by atomic mass is 10.1. The molecule has 0 aliphatic heterocycles. The molecule has 0 aromatic heterocycles. The Balaban J connectivity index is 3.34. The number of benzene rings is 1. The van der Waals surface area contributed by atoms with Crippen LogP contribution in [-0.2, 0) is 46.4 Å². The summed E-state index contributed by atoms with van der Waals surface area (Å²) in [6, 6.07) is 10.8. The maximum absolute atomic E-state index is 5.72. The molecule has 0 aliphatic rings. The van der Waals surface area contributed by atoms with E-state index in [1.165, 1.54) is 5.56 Å². The van der Waals surface area contributed by atoms with Crippen LogP contribution in [0.4, 0.5) is 0 Å². The van der Waals surface area contributed by atoms with Gasteiger partial charge in [0.1, 0.15) is 6.54 Å². The van der Waals surface area contributed by atoms with Gasteiger partial charge in [-0.1, -0.05) is 36.9 Å². The summed E-state index contributed by atoms with van der Waals surface area (Å²) in [4.78, 5) is 0. The highest BCUT2D eigenvalue weighted by Crippen LogP contribution is 2.26. The van der Waals surface area contributed by atoms with Crippen molar-refractivity contribution in [1.29, 1.82) is 0 Å². The molecule has 0 spiro atoms. The molecule has 0 N–H and O–H groups in total. The molecule has 13 heteroatoms. The van der Waals surface area contributed by atoms with Gasteiger partial charge >= 0.3 is 26.4 Å². The van der Waals surface area contributed by atoms with Crippen LogP contribution in [0.25, 0.3) is 6.08 Å². The fourth-order valence-electron chi connectivity index (χ4n) is 5.28. The van der Waals surface area contributed by atoms with Gasteiger partial charge in [0.05, 0.1) is 19.6 Å². The van der Waals surface area contributed by atoms with Crippen molar-refractivity contribution in [2.75, 3.05) is 83.6 Å². The minimum atomic E-state index is -2.71. The Morgan fingerprint density at radius 1 is 0.550 bits per heavy atom. The highest BCUT2D eigenvalue weighted by atomic mass is 28.4. The van der Waals surface area contributed by atoms with E-state index in [-0.39, 0.29) is 0 Å². The number of hydrogen-bond acceptors (Lipinski definition) is 9. The third-order valence-electron chi connectivity index (χ3n) is 7.88. The van der Waals surface area contributed by atoms with Crippen molar-refractivity contribution >= 4 is 32.5 Å². The van der Waals surface area contributed by atoms with Crippen LogP contribution in [0.2, 0.25) is 18.1 Å². The average Bonchev–Trinajstić information content (AvgIpc) is 3.01.